The van der Waals surface area contributed by atoms with Crippen molar-refractivity contribution in [1.29, 1.82) is 0 Å². The molecule has 3 rings (SSSR count). The zero-order chi connectivity index (χ0) is 14.3. The molecule has 0 saturated heterocycles. The van der Waals surface area contributed by atoms with Gasteiger partial charge < -0.3 is 5.32 Å². The van der Waals surface area contributed by atoms with E-state index in [1.54, 1.807) is 0 Å². The quantitative estimate of drug-likeness (QED) is 0.939. The summed E-state index contributed by atoms with van der Waals surface area (Å²) in [6.45, 7) is 7.51. The van der Waals surface area contributed by atoms with Gasteiger partial charge in [-0.1, -0.05) is 0 Å². The highest BCUT2D eigenvalue weighted by Gasteiger charge is 2.30. The molecule has 0 radical (unpaired) electrons. The number of nitrogens with one attached hydrogen (secondary N) is 1. The third kappa shape index (κ3) is 3.10. The summed E-state index contributed by atoms with van der Waals surface area (Å²) < 4.78 is 1.83. The van der Waals surface area contributed by atoms with Gasteiger partial charge in [-0.15, -0.1) is 11.3 Å². The number of hydrogen-bond acceptors (Lipinski definition) is 4. The summed E-state index contributed by atoms with van der Waals surface area (Å²) in [5.41, 5.74) is 2.58. The van der Waals surface area contributed by atoms with Crippen molar-refractivity contribution in [3.05, 3.63) is 23.0 Å². The molecule has 4 nitrogen and oxygen atoms in total. The molecule has 0 aromatic carbocycles. The fourth-order valence-corrected chi connectivity index (χ4v) is 3.23. The Morgan fingerprint density at radius 2 is 2.15 bits per heavy atom. The Bertz CT molecular complexity index is 602. The molecule has 1 saturated carbocycles. The first kappa shape index (κ1) is 13.8. The molecule has 5 heteroatoms. The molecule has 2 aromatic heterocycles. The highest BCUT2D eigenvalue weighted by Crippen LogP contribution is 2.44. The van der Waals surface area contributed by atoms with Crippen molar-refractivity contribution < 1.29 is 0 Å². The molecule has 0 amide bonds. The van der Waals surface area contributed by atoms with Crippen LogP contribution in [0.2, 0.25) is 0 Å². The number of rotatable bonds is 4. The van der Waals surface area contributed by atoms with Crippen molar-refractivity contribution >= 4 is 11.3 Å². The van der Waals surface area contributed by atoms with E-state index in [1.165, 1.54) is 23.4 Å². The third-order valence-corrected chi connectivity index (χ3v) is 4.54. The van der Waals surface area contributed by atoms with Crippen LogP contribution < -0.4 is 5.32 Å². The number of hydrogen-bond donors (Lipinski definition) is 1. The van der Waals surface area contributed by atoms with Crippen LogP contribution >= 0.6 is 11.3 Å². The summed E-state index contributed by atoms with van der Waals surface area (Å²) in [6, 6.07) is 0. The minimum atomic E-state index is 0.138. The van der Waals surface area contributed by atoms with Crippen LogP contribution in [0.5, 0.6) is 0 Å². The van der Waals surface area contributed by atoms with Gasteiger partial charge in [0.25, 0.3) is 0 Å². The third-order valence-electron chi connectivity index (χ3n) is 3.42. The molecule has 1 aliphatic carbocycles. The fourth-order valence-electron chi connectivity index (χ4n) is 2.17. The van der Waals surface area contributed by atoms with Gasteiger partial charge in [0, 0.05) is 41.7 Å². The van der Waals surface area contributed by atoms with E-state index in [0.29, 0.717) is 5.92 Å². The summed E-state index contributed by atoms with van der Waals surface area (Å²) in [7, 11) is 1.95. The van der Waals surface area contributed by atoms with Crippen LogP contribution in [-0.2, 0) is 13.6 Å². The van der Waals surface area contributed by atoms with Gasteiger partial charge >= 0.3 is 0 Å². The molecule has 0 bridgehead atoms. The Balaban J connectivity index is 1.86. The van der Waals surface area contributed by atoms with E-state index in [2.05, 4.69) is 31.2 Å². The topological polar surface area (TPSA) is 42.7 Å². The molecule has 0 aliphatic heterocycles. The highest BCUT2D eigenvalue weighted by atomic mass is 32.1. The first-order valence-electron chi connectivity index (χ1n) is 7.16. The van der Waals surface area contributed by atoms with Crippen molar-refractivity contribution in [2.75, 3.05) is 0 Å². The van der Waals surface area contributed by atoms with Crippen LogP contribution in [0.4, 0.5) is 0 Å². The Morgan fingerprint density at radius 3 is 2.70 bits per heavy atom. The second kappa shape index (κ2) is 4.97. The average Bonchev–Trinajstić information content (AvgIpc) is 2.96. The molecule has 20 heavy (non-hydrogen) atoms. The van der Waals surface area contributed by atoms with Crippen LogP contribution in [0.3, 0.4) is 0 Å². The Labute approximate surface area is 124 Å². The van der Waals surface area contributed by atoms with Crippen molar-refractivity contribution in [3.8, 4) is 10.6 Å². The minimum absolute atomic E-state index is 0.138. The molecule has 2 aromatic rings. The second-order valence-corrected chi connectivity index (χ2v) is 7.69. The second-order valence-electron chi connectivity index (χ2n) is 6.61. The number of nitrogens with zero attached hydrogens (tertiary/aromatic N) is 3. The summed E-state index contributed by atoms with van der Waals surface area (Å²) in [5, 5.41) is 8.93. The lowest BCUT2D eigenvalue weighted by molar-refractivity contribution is 0.425. The number of aryl methyl sites for hydroxylation is 1. The van der Waals surface area contributed by atoms with E-state index in [-0.39, 0.29) is 5.54 Å². The van der Waals surface area contributed by atoms with Gasteiger partial charge in [0.2, 0.25) is 0 Å². The van der Waals surface area contributed by atoms with Crippen LogP contribution in [0, 0.1) is 0 Å². The van der Waals surface area contributed by atoms with E-state index >= 15 is 0 Å². The molecule has 1 aliphatic rings. The molecule has 1 N–H and O–H groups in total. The maximum absolute atomic E-state index is 4.88. The zero-order valence-corrected chi connectivity index (χ0v) is 13.4. The van der Waals surface area contributed by atoms with E-state index in [4.69, 9.17) is 4.98 Å². The Hall–Kier alpha value is -1.20. The summed E-state index contributed by atoms with van der Waals surface area (Å²) in [4.78, 5) is 6.27. The first-order chi connectivity index (χ1) is 9.42. The van der Waals surface area contributed by atoms with Crippen LogP contribution in [-0.4, -0.2) is 20.3 Å². The Kier molecular flexibility index (Phi) is 3.42. The normalized spacial score (nSPS) is 15.8. The summed E-state index contributed by atoms with van der Waals surface area (Å²) in [5.74, 6) is 0.688. The van der Waals surface area contributed by atoms with Gasteiger partial charge in [0.15, 0.2) is 0 Å². The molecular formula is C15H22N4S. The maximum Gasteiger partial charge on any atom is 0.127 e. The van der Waals surface area contributed by atoms with Crippen molar-refractivity contribution in [3.63, 3.8) is 0 Å². The standard InChI is InChI=1S/C15H22N4S/c1-15(2,3)16-8-12-13(10-5-6-10)18-14(20-12)11-7-17-19(4)9-11/h7,9-10,16H,5-6,8H2,1-4H3. The van der Waals surface area contributed by atoms with E-state index in [0.717, 1.165) is 17.1 Å². The summed E-state index contributed by atoms with van der Waals surface area (Å²) in [6.07, 6.45) is 6.52. The monoisotopic (exact) mass is 290 g/mol. The minimum Gasteiger partial charge on any atom is -0.307 e. The molecule has 2 heterocycles. The zero-order valence-electron chi connectivity index (χ0n) is 12.6. The van der Waals surface area contributed by atoms with Gasteiger partial charge in [0.05, 0.1) is 11.9 Å². The van der Waals surface area contributed by atoms with E-state index < -0.39 is 0 Å². The van der Waals surface area contributed by atoms with Crippen molar-refractivity contribution in [2.45, 2.75) is 51.6 Å². The van der Waals surface area contributed by atoms with Gasteiger partial charge in [-0.05, 0) is 33.6 Å². The van der Waals surface area contributed by atoms with Gasteiger partial charge in [-0.2, -0.15) is 5.10 Å². The highest BCUT2D eigenvalue weighted by molar-refractivity contribution is 7.15. The van der Waals surface area contributed by atoms with E-state index in [1.807, 2.05) is 35.5 Å². The lowest BCUT2D eigenvalue weighted by atomic mass is 10.1. The summed E-state index contributed by atoms with van der Waals surface area (Å²) >= 11 is 1.81. The van der Waals surface area contributed by atoms with Crippen molar-refractivity contribution in [1.82, 2.24) is 20.1 Å². The largest absolute Gasteiger partial charge is 0.307 e. The number of aromatic nitrogens is 3. The molecular weight excluding hydrogens is 268 g/mol. The van der Waals surface area contributed by atoms with Crippen LogP contribution in [0.15, 0.2) is 12.4 Å². The fraction of sp³-hybridized carbons (Fsp3) is 0.600. The average molecular weight is 290 g/mol. The van der Waals surface area contributed by atoms with Gasteiger partial charge in [-0.3, -0.25) is 4.68 Å². The first-order valence-corrected chi connectivity index (χ1v) is 7.98. The van der Waals surface area contributed by atoms with Crippen LogP contribution in [0.1, 0.15) is 50.1 Å². The predicted octanol–water partition coefficient (Wildman–Crippen LogP) is 3.31. The van der Waals surface area contributed by atoms with E-state index in [9.17, 15) is 0 Å². The Morgan fingerprint density at radius 1 is 1.40 bits per heavy atom. The number of thiazole rings is 1. The van der Waals surface area contributed by atoms with Crippen molar-refractivity contribution in [2.24, 2.45) is 7.05 Å². The molecule has 0 unspecified atom stereocenters. The molecule has 0 spiro atoms. The van der Waals surface area contributed by atoms with Gasteiger partial charge in [-0.25, -0.2) is 4.98 Å². The predicted molar refractivity (Wildman–Crippen MR) is 82.9 cm³/mol. The maximum atomic E-state index is 4.88. The molecule has 108 valence electrons. The lowest BCUT2D eigenvalue weighted by Crippen LogP contribution is -2.35. The molecule has 0 atom stereocenters. The SMILES string of the molecule is Cn1cc(-c2nc(C3CC3)c(CNC(C)(C)C)s2)cn1. The van der Waals surface area contributed by atoms with Gasteiger partial charge in [0.1, 0.15) is 5.01 Å². The molecule has 1 fully saturated rings. The van der Waals surface area contributed by atoms with Crippen LogP contribution in [0.25, 0.3) is 10.6 Å². The lowest BCUT2D eigenvalue weighted by Gasteiger charge is -2.20. The smallest absolute Gasteiger partial charge is 0.127 e.